The Kier molecular flexibility index (Phi) is 3.09. The van der Waals surface area contributed by atoms with Gasteiger partial charge >= 0.3 is 0 Å². The minimum absolute atomic E-state index is 0.393. The van der Waals surface area contributed by atoms with E-state index in [1.54, 1.807) is 0 Å². The summed E-state index contributed by atoms with van der Waals surface area (Å²) in [6, 6.07) is 11.3. The zero-order chi connectivity index (χ0) is 12.5. The maximum atomic E-state index is 8.81. The molecule has 1 atom stereocenters. The van der Waals surface area contributed by atoms with Crippen LogP contribution in [0.3, 0.4) is 0 Å². The fraction of sp³-hybridized carbons (Fsp3) is 0.562. The monoisotopic (exact) mass is 240 g/mol. The van der Waals surface area contributed by atoms with Crippen LogP contribution in [0.25, 0.3) is 0 Å². The van der Waals surface area contributed by atoms with Crippen molar-refractivity contribution in [2.24, 2.45) is 11.8 Å². The standard InChI is InChI=1S/C16H20N2/c1-11(13-4-2-12(10-17)3-5-13)18-16(14-6-7-14)15-8-9-15/h2-5,11,14-16,18H,6-9H2,1H3. The molecule has 0 heterocycles. The smallest absolute Gasteiger partial charge is 0.0991 e. The maximum Gasteiger partial charge on any atom is 0.0991 e. The first-order valence-corrected chi connectivity index (χ1v) is 7.04. The zero-order valence-corrected chi connectivity index (χ0v) is 10.9. The third kappa shape index (κ3) is 2.57. The molecular formula is C16H20N2. The second-order valence-electron chi connectivity index (χ2n) is 5.82. The lowest BCUT2D eigenvalue weighted by atomic mass is 10.0. The molecule has 2 fully saturated rings. The molecule has 1 unspecified atom stereocenters. The van der Waals surface area contributed by atoms with E-state index < -0.39 is 0 Å². The maximum absolute atomic E-state index is 8.81. The lowest BCUT2D eigenvalue weighted by molar-refractivity contribution is 0.377. The second kappa shape index (κ2) is 4.74. The van der Waals surface area contributed by atoms with Crippen molar-refractivity contribution in [1.29, 1.82) is 5.26 Å². The van der Waals surface area contributed by atoms with Crippen molar-refractivity contribution in [3.63, 3.8) is 0 Å². The zero-order valence-electron chi connectivity index (χ0n) is 10.9. The minimum Gasteiger partial charge on any atom is -0.307 e. The summed E-state index contributed by atoms with van der Waals surface area (Å²) in [6.07, 6.45) is 5.64. The summed E-state index contributed by atoms with van der Waals surface area (Å²) in [4.78, 5) is 0. The molecule has 0 saturated heterocycles. The van der Waals surface area contributed by atoms with Gasteiger partial charge in [0.1, 0.15) is 0 Å². The molecule has 2 nitrogen and oxygen atoms in total. The molecule has 1 N–H and O–H groups in total. The van der Waals surface area contributed by atoms with Gasteiger partial charge in [0.05, 0.1) is 11.6 Å². The summed E-state index contributed by atoms with van der Waals surface area (Å²) in [7, 11) is 0. The molecule has 0 bridgehead atoms. The van der Waals surface area contributed by atoms with Crippen molar-refractivity contribution in [3.8, 4) is 6.07 Å². The van der Waals surface area contributed by atoms with E-state index in [4.69, 9.17) is 5.26 Å². The normalized spacial score (nSPS) is 20.7. The number of benzene rings is 1. The van der Waals surface area contributed by atoms with Crippen molar-refractivity contribution >= 4 is 0 Å². The number of hydrogen-bond acceptors (Lipinski definition) is 2. The van der Waals surface area contributed by atoms with Crippen LogP contribution in [0.5, 0.6) is 0 Å². The molecule has 18 heavy (non-hydrogen) atoms. The first-order valence-electron chi connectivity index (χ1n) is 7.04. The Morgan fingerprint density at radius 1 is 1.11 bits per heavy atom. The van der Waals surface area contributed by atoms with E-state index in [-0.39, 0.29) is 0 Å². The number of rotatable bonds is 5. The number of hydrogen-bond donors (Lipinski definition) is 1. The third-order valence-electron chi connectivity index (χ3n) is 4.24. The lowest BCUT2D eigenvalue weighted by Gasteiger charge is -2.23. The molecule has 0 amide bonds. The van der Waals surface area contributed by atoms with Gasteiger partial charge in [0.25, 0.3) is 0 Å². The van der Waals surface area contributed by atoms with Crippen LogP contribution in [-0.2, 0) is 0 Å². The van der Waals surface area contributed by atoms with Crippen LogP contribution in [-0.4, -0.2) is 6.04 Å². The quantitative estimate of drug-likeness (QED) is 0.856. The fourth-order valence-corrected chi connectivity index (χ4v) is 2.80. The summed E-state index contributed by atoms with van der Waals surface area (Å²) in [5, 5.41) is 12.6. The van der Waals surface area contributed by atoms with Crippen molar-refractivity contribution in [2.75, 3.05) is 0 Å². The Hall–Kier alpha value is -1.33. The molecule has 94 valence electrons. The molecule has 2 saturated carbocycles. The van der Waals surface area contributed by atoms with Crippen molar-refractivity contribution in [1.82, 2.24) is 5.32 Å². The van der Waals surface area contributed by atoms with Gasteiger partial charge in [-0.05, 0) is 62.1 Å². The Bertz CT molecular complexity index is 437. The van der Waals surface area contributed by atoms with E-state index in [1.807, 2.05) is 12.1 Å². The van der Waals surface area contributed by atoms with Crippen LogP contribution in [0, 0.1) is 23.2 Å². The third-order valence-corrected chi connectivity index (χ3v) is 4.24. The molecule has 3 rings (SSSR count). The van der Waals surface area contributed by atoms with Gasteiger partial charge < -0.3 is 5.32 Å². The van der Waals surface area contributed by atoms with Crippen LogP contribution in [0.4, 0.5) is 0 Å². The molecule has 1 aromatic carbocycles. The molecule has 0 radical (unpaired) electrons. The van der Waals surface area contributed by atoms with Crippen LogP contribution >= 0.6 is 0 Å². The first kappa shape index (κ1) is 11.7. The van der Waals surface area contributed by atoms with E-state index in [0.717, 1.165) is 23.4 Å². The fourth-order valence-electron chi connectivity index (χ4n) is 2.80. The highest BCUT2D eigenvalue weighted by molar-refractivity contribution is 5.32. The lowest BCUT2D eigenvalue weighted by Crippen LogP contribution is -2.35. The SMILES string of the molecule is CC(NC(C1CC1)C1CC1)c1ccc(C#N)cc1. The first-order chi connectivity index (χ1) is 8.78. The topological polar surface area (TPSA) is 35.8 Å². The van der Waals surface area contributed by atoms with Crippen molar-refractivity contribution in [2.45, 2.75) is 44.7 Å². The van der Waals surface area contributed by atoms with E-state index in [0.29, 0.717) is 6.04 Å². The molecule has 2 heteroatoms. The Balaban J connectivity index is 1.65. The summed E-state index contributed by atoms with van der Waals surface area (Å²) < 4.78 is 0. The predicted octanol–water partition coefficient (Wildman–Crippen LogP) is 3.40. The van der Waals surface area contributed by atoms with Gasteiger partial charge in [-0.25, -0.2) is 0 Å². The van der Waals surface area contributed by atoms with Crippen LogP contribution in [0.1, 0.15) is 49.8 Å². The van der Waals surface area contributed by atoms with Crippen LogP contribution < -0.4 is 5.32 Å². The summed E-state index contributed by atoms with van der Waals surface area (Å²) in [5.74, 6) is 1.86. The molecule has 0 aliphatic heterocycles. The van der Waals surface area contributed by atoms with Crippen molar-refractivity contribution in [3.05, 3.63) is 35.4 Å². The Morgan fingerprint density at radius 2 is 1.67 bits per heavy atom. The average molecular weight is 240 g/mol. The molecular weight excluding hydrogens is 220 g/mol. The molecule has 1 aromatic rings. The van der Waals surface area contributed by atoms with Crippen LogP contribution in [0.15, 0.2) is 24.3 Å². The average Bonchev–Trinajstić information content (AvgIpc) is 3.29. The van der Waals surface area contributed by atoms with Gasteiger partial charge in [0.15, 0.2) is 0 Å². The highest BCUT2D eigenvalue weighted by Crippen LogP contribution is 2.45. The van der Waals surface area contributed by atoms with Gasteiger partial charge in [-0.1, -0.05) is 12.1 Å². The highest BCUT2D eigenvalue weighted by atomic mass is 15.0. The molecule has 0 aromatic heterocycles. The Morgan fingerprint density at radius 3 is 2.11 bits per heavy atom. The number of nitriles is 1. The molecule has 2 aliphatic carbocycles. The van der Waals surface area contributed by atoms with Gasteiger partial charge in [-0.15, -0.1) is 0 Å². The van der Waals surface area contributed by atoms with E-state index in [1.165, 1.54) is 31.2 Å². The summed E-state index contributed by atoms with van der Waals surface area (Å²) in [6.45, 7) is 2.24. The number of nitrogens with one attached hydrogen (secondary N) is 1. The van der Waals surface area contributed by atoms with E-state index >= 15 is 0 Å². The van der Waals surface area contributed by atoms with E-state index in [9.17, 15) is 0 Å². The predicted molar refractivity (Wildman–Crippen MR) is 71.9 cm³/mol. The van der Waals surface area contributed by atoms with Gasteiger partial charge in [0.2, 0.25) is 0 Å². The largest absolute Gasteiger partial charge is 0.307 e. The van der Waals surface area contributed by atoms with Crippen LogP contribution in [0.2, 0.25) is 0 Å². The van der Waals surface area contributed by atoms with Gasteiger partial charge in [0, 0.05) is 12.1 Å². The summed E-state index contributed by atoms with van der Waals surface area (Å²) >= 11 is 0. The molecule has 2 aliphatic rings. The second-order valence-corrected chi connectivity index (χ2v) is 5.82. The Labute approximate surface area is 109 Å². The summed E-state index contributed by atoms with van der Waals surface area (Å²) in [5.41, 5.74) is 2.03. The molecule has 0 spiro atoms. The van der Waals surface area contributed by atoms with Gasteiger partial charge in [-0.3, -0.25) is 0 Å². The highest BCUT2D eigenvalue weighted by Gasteiger charge is 2.41. The van der Waals surface area contributed by atoms with Crippen molar-refractivity contribution < 1.29 is 0 Å². The van der Waals surface area contributed by atoms with E-state index in [2.05, 4.69) is 30.4 Å². The minimum atomic E-state index is 0.393. The number of nitrogens with zero attached hydrogens (tertiary/aromatic N) is 1. The van der Waals surface area contributed by atoms with Gasteiger partial charge in [-0.2, -0.15) is 5.26 Å².